The van der Waals surface area contributed by atoms with Gasteiger partial charge in [-0.25, -0.2) is 0 Å². The number of nitriles is 1. The molecule has 0 spiro atoms. The van der Waals surface area contributed by atoms with E-state index < -0.39 is 0 Å². The number of amides is 1. The van der Waals surface area contributed by atoms with Crippen LogP contribution in [-0.2, 0) is 4.79 Å². The SMILES string of the molecule is Cc1cc(/C=C(\C#N)C(=O)NC2CC2)c(C)n1-c1ccc(Cl)c(Cl)c1. The third kappa shape index (κ3) is 3.73. The summed E-state index contributed by atoms with van der Waals surface area (Å²) in [5.41, 5.74) is 3.71. The van der Waals surface area contributed by atoms with Crippen LogP contribution in [0.3, 0.4) is 0 Å². The standard InChI is InChI=1S/C19H17Cl2N3O/c1-11-7-13(8-14(10-22)19(25)23-15-3-4-15)12(2)24(11)16-5-6-17(20)18(21)9-16/h5-9,15H,3-4H2,1-2H3,(H,23,25)/b14-8+. The van der Waals surface area contributed by atoms with Gasteiger partial charge in [0.05, 0.1) is 10.0 Å². The Hall–Kier alpha value is -2.22. The van der Waals surface area contributed by atoms with Gasteiger partial charge in [0.1, 0.15) is 11.6 Å². The van der Waals surface area contributed by atoms with Crippen LogP contribution in [0.5, 0.6) is 0 Å². The molecule has 0 radical (unpaired) electrons. The largest absolute Gasteiger partial charge is 0.349 e. The number of aromatic nitrogens is 1. The summed E-state index contributed by atoms with van der Waals surface area (Å²) in [4.78, 5) is 12.1. The van der Waals surface area contributed by atoms with Crippen LogP contribution < -0.4 is 5.32 Å². The summed E-state index contributed by atoms with van der Waals surface area (Å²) >= 11 is 12.1. The molecular weight excluding hydrogens is 357 g/mol. The Balaban J connectivity index is 1.98. The molecule has 0 aliphatic heterocycles. The number of rotatable bonds is 4. The average Bonchev–Trinajstić information content (AvgIpc) is 3.33. The predicted octanol–water partition coefficient (Wildman–Crippen LogP) is 4.59. The van der Waals surface area contributed by atoms with Gasteiger partial charge in [-0.15, -0.1) is 0 Å². The number of nitrogens with one attached hydrogen (secondary N) is 1. The van der Waals surface area contributed by atoms with Crippen molar-refractivity contribution in [1.29, 1.82) is 5.26 Å². The lowest BCUT2D eigenvalue weighted by atomic mass is 10.1. The van der Waals surface area contributed by atoms with E-state index in [0.29, 0.717) is 10.0 Å². The van der Waals surface area contributed by atoms with Crippen LogP contribution in [-0.4, -0.2) is 16.5 Å². The summed E-state index contributed by atoms with van der Waals surface area (Å²) in [7, 11) is 0. The zero-order valence-corrected chi connectivity index (χ0v) is 15.4. The lowest BCUT2D eigenvalue weighted by Gasteiger charge is -2.10. The quantitative estimate of drug-likeness (QED) is 0.629. The molecule has 6 heteroatoms. The Bertz CT molecular complexity index is 917. The molecule has 1 aliphatic rings. The molecule has 1 aliphatic carbocycles. The Morgan fingerprint density at radius 3 is 2.60 bits per heavy atom. The summed E-state index contributed by atoms with van der Waals surface area (Å²) in [5.74, 6) is -0.315. The number of hydrogen-bond acceptors (Lipinski definition) is 2. The molecule has 1 amide bonds. The maximum absolute atomic E-state index is 12.1. The molecule has 1 heterocycles. The van der Waals surface area contributed by atoms with Crippen molar-refractivity contribution in [3.63, 3.8) is 0 Å². The molecule has 25 heavy (non-hydrogen) atoms. The fourth-order valence-electron chi connectivity index (χ4n) is 2.75. The first kappa shape index (κ1) is 17.6. The van der Waals surface area contributed by atoms with Crippen molar-refractivity contribution in [2.75, 3.05) is 0 Å². The fraction of sp³-hybridized carbons (Fsp3) is 0.263. The van der Waals surface area contributed by atoms with Crippen LogP contribution in [0.4, 0.5) is 0 Å². The molecule has 1 N–H and O–H groups in total. The maximum atomic E-state index is 12.1. The first-order chi connectivity index (χ1) is 11.9. The number of carbonyl (C=O) groups excluding carboxylic acids is 1. The second kappa shape index (κ2) is 6.95. The van der Waals surface area contributed by atoms with E-state index in [4.69, 9.17) is 23.2 Å². The monoisotopic (exact) mass is 373 g/mol. The lowest BCUT2D eigenvalue weighted by molar-refractivity contribution is -0.117. The summed E-state index contributed by atoms with van der Waals surface area (Å²) in [5, 5.41) is 13.1. The average molecular weight is 374 g/mol. The smallest absolute Gasteiger partial charge is 0.262 e. The topological polar surface area (TPSA) is 57.8 Å². The Kier molecular flexibility index (Phi) is 4.89. The second-order valence-corrected chi connectivity index (χ2v) is 6.99. The summed E-state index contributed by atoms with van der Waals surface area (Å²) in [6.07, 6.45) is 3.60. The van der Waals surface area contributed by atoms with Gasteiger partial charge >= 0.3 is 0 Å². The van der Waals surface area contributed by atoms with Crippen molar-refractivity contribution in [3.8, 4) is 11.8 Å². The highest BCUT2D eigenvalue weighted by Gasteiger charge is 2.25. The molecule has 2 aromatic rings. The molecule has 3 rings (SSSR count). The van der Waals surface area contributed by atoms with Crippen molar-refractivity contribution in [3.05, 3.63) is 56.8 Å². The van der Waals surface area contributed by atoms with Gasteiger partial charge in [-0.2, -0.15) is 5.26 Å². The van der Waals surface area contributed by atoms with E-state index in [2.05, 4.69) is 5.32 Å². The minimum Gasteiger partial charge on any atom is -0.349 e. The first-order valence-electron chi connectivity index (χ1n) is 7.97. The molecule has 0 atom stereocenters. The number of nitrogens with zero attached hydrogens (tertiary/aromatic N) is 2. The van der Waals surface area contributed by atoms with Crippen molar-refractivity contribution >= 4 is 35.2 Å². The Morgan fingerprint density at radius 2 is 2.00 bits per heavy atom. The molecule has 1 saturated carbocycles. The zero-order valence-electron chi connectivity index (χ0n) is 13.9. The van der Waals surface area contributed by atoms with Gasteiger partial charge in [0.2, 0.25) is 0 Å². The number of benzene rings is 1. The zero-order chi connectivity index (χ0) is 18.1. The molecule has 128 valence electrons. The normalized spacial score (nSPS) is 14.3. The molecule has 0 saturated heterocycles. The molecular formula is C19H17Cl2N3O. The van der Waals surface area contributed by atoms with Crippen LogP contribution in [0.25, 0.3) is 11.8 Å². The minimum atomic E-state index is -0.315. The van der Waals surface area contributed by atoms with E-state index in [1.807, 2.05) is 36.6 Å². The summed E-state index contributed by atoms with van der Waals surface area (Å²) in [6.45, 7) is 3.90. The van der Waals surface area contributed by atoms with Gasteiger partial charge in [0.15, 0.2) is 0 Å². The van der Waals surface area contributed by atoms with E-state index in [9.17, 15) is 10.1 Å². The molecule has 0 bridgehead atoms. The van der Waals surface area contributed by atoms with Crippen LogP contribution in [0.15, 0.2) is 29.8 Å². The highest BCUT2D eigenvalue weighted by molar-refractivity contribution is 6.42. The number of aryl methyl sites for hydroxylation is 1. The molecule has 0 unspecified atom stereocenters. The maximum Gasteiger partial charge on any atom is 0.262 e. The van der Waals surface area contributed by atoms with Gasteiger partial charge in [0.25, 0.3) is 5.91 Å². The van der Waals surface area contributed by atoms with Gasteiger partial charge < -0.3 is 9.88 Å². The van der Waals surface area contributed by atoms with E-state index in [-0.39, 0.29) is 17.5 Å². The van der Waals surface area contributed by atoms with E-state index in [1.165, 1.54) is 0 Å². The van der Waals surface area contributed by atoms with E-state index in [0.717, 1.165) is 35.5 Å². The van der Waals surface area contributed by atoms with Crippen LogP contribution in [0, 0.1) is 25.2 Å². The minimum absolute atomic E-state index is 0.112. The highest BCUT2D eigenvalue weighted by Crippen LogP contribution is 2.28. The van der Waals surface area contributed by atoms with Gasteiger partial charge in [-0.05, 0) is 62.6 Å². The van der Waals surface area contributed by atoms with Gasteiger partial charge in [-0.3, -0.25) is 4.79 Å². The van der Waals surface area contributed by atoms with E-state index >= 15 is 0 Å². The van der Waals surface area contributed by atoms with Crippen molar-refractivity contribution in [2.24, 2.45) is 0 Å². The Labute approximate surface area is 156 Å². The van der Waals surface area contributed by atoms with E-state index in [1.54, 1.807) is 18.2 Å². The third-order valence-electron chi connectivity index (χ3n) is 4.21. The summed E-state index contributed by atoms with van der Waals surface area (Å²) < 4.78 is 2.02. The van der Waals surface area contributed by atoms with Crippen LogP contribution in [0.1, 0.15) is 29.8 Å². The van der Waals surface area contributed by atoms with Crippen LogP contribution >= 0.6 is 23.2 Å². The number of hydrogen-bond donors (Lipinski definition) is 1. The van der Waals surface area contributed by atoms with Crippen LogP contribution in [0.2, 0.25) is 10.0 Å². The first-order valence-corrected chi connectivity index (χ1v) is 8.73. The van der Waals surface area contributed by atoms with Gasteiger partial charge in [-0.1, -0.05) is 23.2 Å². The molecule has 1 aromatic carbocycles. The van der Waals surface area contributed by atoms with Crippen molar-refractivity contribution < 1.29 is 4.79 Å². The lowest BCUT2D eigenvalue weighted by Crippen LogP contribution is -2.26. The second-order valence-electron chi connectivity index (χ2n) is 6.18. The predicted molar refractivity (Wildman–Crippen MR) is 100 cm³/mol. The highest BCUT2D eigenvalue weighted by atomic mass is 35.5. The summed E-state index contributed by atoms with van der Waals surface area (Å²) in [6, 6.07) is 9.58. The molecule has 1 aromatic heterocycles. The molecule has 4 nitrogen and oxygen atoms in total. The molecule has 1 fully saturated rings. The fourth-order valence-corrected chi connectivity index (χ4v) is 3.04. The Morgan fingerprint density at radius 1 is 1.28 bits per heavy atom. The number of halogens is 2. The van der Waals surface area contributed by atoms with Gasteiger partial charge in [0, 0.05) is 23.1 Å². The number of carbonyl (C=O) groups is 1. The van der Waals surface area contributed by atoms with Crippen molar-refractivity contribution in [1.82, 2.24) is 9.88 Å². The van der Waals surface area contributed by atoms with Crippen molar-refractivity contribution in [2.45, 2.75) is 32.7 Å². The third-order valence-corrected chi connectivity index (χ3v) is 4.95.